The highest BCUT2D eigenvalue weighted by Crippen LogP contribution is 2.22. The zero-order valence-corrected chi connectivity index (χ0v) is 9.28. The van der Waals surface area contributed by atoms with E-state index in [-0.39, 0.29) is 0 Å². The van der Waals surface area contributed by atoms with E-state index in [0.29, 0.717) is 0 Å². The van der Waals surface area contributed by atoms with Gasteiger partial charge in [-0.25, -0.2) is 0 Å². The molecule has 13 heavy (non-hydrogen) atoms. The van der Waals surface area contributed by atoms with Crippen LogP contribution >= 0.6 is 11.8 Å². The van der Waals surface area contributed by atoms with E-state index >= 15 is 0 Å². The monoisotopic (exact) mass is 200 g/mol. The molecule has 0 spiro atoms. The Bertz CT molecular complexity index is 157. The van der Waals surface area contributed by atoms with Gasteiger partial charge in [0.25, 0.3) is 0 Å². The molecular formula is C10H20N2S. The first-order valence-corrected chi connectivity index (χ1v) is 6.48. The van der Waals surface area contributed by atoms with E-state index < -0.39 is 0 Å². The van der Waals surface area contributed by atoms with Crippen LogP contribution in [0.3, 0.4) is 0 Å². The maximum atomic E-state index is 3.34. The first-order valence-electron chi connectivity index (χ1n) is 5.43. The summed E-state index contributed by atoms with van der Waals surface area (Å²) in [6, 6.07) is 0. The van der Waals surface area contributed by atoms with Gasteiger partial charge in [-0.3, -0.25) is 0 Å². The molecule has 2 nitrogen and oxygen atoms in total. The summed E-state index contributed by atoms with van der Waals surface area (Å²) in [5.74, 6) is 2.29. The zero-order valence-electron chi connectivity index (χ0n) is 8.46. The van der Waals surface area contributed by atoms with Crippen LogP contribution in [0.15, 0.2) is 0 Å². The van der Waals surface area contributed by atoms with Crippen molar-refractivity contribution in [3.63, 3.8) is 0 Å². The molecular weight excluding hydrogens is 180 g/mol. The molecule has 1 N–H and O–H groups in total. The van der Waals surface area contributed by atoms with Crippen molar-refractivity contribution in [3.8, 4) is 0 Å². The summed E-state index contributed by atoms with van der Waals surface area (Å²) in [5.41, 5.74) is 0. The average Bonchev–Trinajstić information content (AvgIpc) is 2.12. The van der Waals surface area contributed by atoms with Gasteiger partial charge in [-0.05, 0) is 12.3 Å². The van der Waals surface area contributed by atoms with Crippen LogP contribution in [0.1, 0.15) is 13.3 Å². The summed E-state index contributed by atoms with van der Waals surface area (Å²) in [6.45, 7) is 8.80. The quantitative estimate of drug-likeness (QED) is 0.732. The van der Waals surface area contributed by atoms with Crippen LogP contribution in [0.25, 0.3) is 0 Å². The Hall–Kier alpha value is 0.270. The third-order valence-corrected chi connectivity index (χ3v) is 4.43. The molecule has 2 aliphatic rings. The molecule has 2 rings (SSSR count). The minimum atomic E-state index is 0.904. The van der Waals surface area contributed by atoms with Crippen LogP contribution in [0, 0.1) is 5.92 Å². The van der Waals surface area contributed by atoms with E-state index in [1.54, 1.807) is 0 Å². The van der Waals surface area contributed by atoms with Crippen LogP contribution < -0.4 is 5.32 Å². The van der Waals surface area contributed by atoms with E-state index in [1.807, 2.05) is 0 Å². The van der Waals surface area contributed by atoms with Gasteiger partial charge in [-0.1, -0.05) is 6.92 Å². The molecule has 2 saturated heterocycles. The molecule has 0 radical (unpaired) electrons. The van der Waals surface area contributed by atoms with Crippen molar-refractivity contribution >= 4 is 11.8 Å². The first kappa shape index (κ1) is 9.81. The Morgan fingerprint density at radius 3 is 2.92 bits per heavy atom. The Morgan fingerprint density at radius 1 is 1.46 bits per heavy atom. The van der Waals surface area contributed by atoms with Crippen molar-refractivity contribution in [2.75, 3.05) is 38.5 Å². The van der Waals surface area contributed by atoms with Crippen molar-refractivity contribution in [2.45, 2.75) is 18.6 Å². The van der Waals surface area contributed by atoms with Gasteiger partial charge >= 0.3 is 0 Å². The van der Waals surface area contributed by atoms with E-state index in [2.05, 4.69) is 28.9 Å². The molecule has 2 fully saturated rings. The van der Waals surface area contributed by atoms with E-state index in [4.69, 9.17) is 0 Å². The standard InChI is InChI=1S/C10H20N2S/c1-2-10-8-12(3-4-13-10)7-9-5-11-6-9/h9-11H,2-8H2,1H3. The number of thioether (sulfide) groups is 1. The lowest BCUT2D eigenvalue weighted by Crippen LogP contribution is -2.50. The normalized spacial score (nSPS) is 31.6. The van der Waals surface area contributed by atoms with Gasteiger partial charge in [0.05, 0.1) is 0 Å². The molecule has 0 aromatic heterocycles. The van der Waals surface area contributed by atoms with Gasteiger partial charge in [0.1, 0.15) is 0 Å². The minimum absolute atomic E-state index is 0.904. The number of hydrogen-bond acceptors (Lipinski definition) is 3. The van der Waals surface area contributed by atoms with Crippen molar-refractivity contribution < 1.29 is 0 Å². The molecule has 3 heteroatoms. The molecule has 76 valence electrons. The smallest absolute Gasteiger partial charge is 0.0172 e. The first-order chi connectivity index (χ1) is 6.38. The summed E-state index contributed by atoms with van der Waals surface area (Å²) >= 11 is 2.16. The van der Waals surface area contributed by atoms with Gasteiger partial charge < -0.3 is 10.2 Å². The lowest BCUT2D eigenvalue weighted by molar-refractivity contribution is 0.197. The lowest BCUT2D eigenvalue weighted by Gasteiger charge is -2.37. The summed E-state index contributed by atoms with van der Waals surface area (Å²) in [7, 11) is 0. The Morgan fingerprint density at radius 2 is 2.31 bits per heavy atom. The molecule has 0 bridgehead atoms. The average molecular weight is 200 g/mol. The second-order valence-electron chi connectivity index (χ2n) is 4.18. The van der Waals surface area contributed by atoms with Crippen molar-refractivity contribution in [2.24, 2.45) is 5.92 Å². The van der Waals surface area contributed by atoms with Crippen LogP contribution in [-0.2, 0) is 0 Å². The van der Waals surface area contributed by atoms with Gasteiger partial charge in [-0.15, -0.1) is 0 Å². The maximum Gasteiger partial charge on any atom is 0.0172 e. The predicted octanol–water partition coefficient (Wildman–Crippen LogP) is 1.03. The molecule has 0 aromatic carbocycles. The number of rotatable bonds is 3. The van der Waals surface area contributed by atoms with E-state index in [1.165, 1.54) is 44.9 Å². The summed E-state index contributed by atoms with van der Waals surface area (Å²) in [6.07, 6.45) is 1.34. The molecule has 0 aliphatic carbocycles. The second kappa shape index (κ2) is 4.67. The van der Waals surface area contributed by atoms with Crippen molar-refractivity contribution in [1.82, 2.24) is 10.2 Å². The highest BCUT2D eigenvalue weighted by atomic mass is 32.2. The maximum absolute atomic E-state index is 3.34. The highest BCUT2D eigenvalue weighted by Gasteiger charge is 2.24. The van der Waals surface area contributed by atoms with Crippen LogP contribution in [-0.4, -0.2) is 48.6 Å². The number of hydrogen-bond donors (Lipinski definition) is 1. The fourth-order valence-electron chi connectivity index (χ4n) is 2.04. The van der Waals surface area contributed by atoms with E-state index in [0.717, 1.165) is 11.2 Å². The number of nitrogens with one attached hydrogen (secondary N) is 1. The van der Waals surface area contributed by atoms with Gasteiger partial charge in [-0.2, -0.15) is 11.8 Å². The van der Waals surface area contributed by atoms with Gasteiger partial charge in [0.2, 0.25) is 0 Å². The highest BCUT2D eigenvalue weighted by molar-refractivity contribution is 8.00. The molecule has 2 heterocycles. The largest absolute Gasteiger partial charge is 0.316 e. The molecule has 0 amide bonds. The summed E-state index contributed by atoms with van der Waals surface area (Å²) in [5, 5.41) is 4.25. The Kier molecular flexibility index (Phi) is 3.52. The molecule has 0 saturated carbocycles. The summed E-state index contributed by atoms with van der Waals surface area (Å²) in [4.78, 5) is 2.66. The van der Waals surface area contributed by atoms with Gasteiger partial charge in [0.15, 0.2) is 0 Å². The summed E-state index contributed by atoms with van der Waals surface area (Å²) < 4.78 is 0. The van der Waals surface area contributed by atoms with Crippen LogP contribution in [0.4, 0.5) is 0 Å². The molecule has 2 aliphatic heterocycles. The Balaban J connectivity index is 1.71. The van der Waals surface area contributed by atoms with Crippen LogP contribution in [0.2, 0.25) is 0 Å². The number of nitrogens with zero attached hydrogens (tertiary/aromatic N) is 1. The minimum Gasteiger partial charge on any atom is -0.316 e. The van der Waals surface area contributed by atoms with Crippen LogP contribution in [0.5, 0.6) is 0 Å². The van der Waals surface area contributed by atoms with E-state index in [9.17, 15) is 0 Å². The third kappa shape index (κ3) is 2.61. The molecule has 1 atom stereocenters. The fraction of sp³-hybridized carbons (Fsp3) is 1.00. The zero-order chi connectivity index (χ0) is 9.10. The third-order valence-electron chi connectivity index (χ3n) is 3.06. The van der Waals surface area contributed by atoms with Crippen molar-refractivity contribution in [3.05, 3.63) is 0 Å². The van der Waals surface area contributed by atoms with Crippen molar-refractivity contribution in [1.29, 1.82) is 0 Å². The van der Waals surface area contributed by atoms with Gasteiger partial charge in [0, 0.05) is 43.7 Å². The molecule has 0 aromatic rings. The fourth-order valence-corrected chi connectivity index (χ4v) is 3.28. The Labute approximate surface area is 85.4 Å². The SMILES string of the molecule is CCC1CN(CC2CNC2)CCS1. The molecule has 1 unspecified atom stereocenters. The second-order valence-corrected chi connectivity index (χ2v) is 5.59. The lowest BCUT2D eigenvalue weighted by atomic mass is 10.0. The topological polar surface area (TPSA) is 15.3 Å². The predicted molar refractivity (Wildman–Crippen MR) is 59.3 cm³/mol.